The third-order valence-corrected chi connectivity index (χ3v) is 4.76. The summed E-state index contributed by atoms with van der Waals surface area (Å²) in [7, 11) is 2.27. The van der Waals surface area contributed by atoms with E-state index in [-0.39, 0.29) is 33.7 Å². The SMILES string of the molecule is PB=S.[3H]OCc1ccnc(C(C)C)c1-n1c(=O)c([N+]#[C-])c(O)c2cc(Cl)c(Cl)nc21. The summed E-state index contributed by atoms with van der Waals surface area (Å²) in [5.41, 5.74) is 0.107. The van der Waals surface area contributed by atoms with E-state index in [2.05, 4.69) is 41.1 Å². The Morgan fingerprint density at radius 2 is 2.17 bits per heavy atom. The van der Waals surface area contributed by atoms with Gasteiger partial charge in [-0.25, -0.2) is 9.83 Å². The second-order valence-corrected chi connectivity index (χ2v) is 8.07. The molecule has 154 valence electrons. The molecule has 7 nitrogen and oxygen atoms in total. The van der Waals surface area contributed by atoms with E-state index in [0.29, 0.717) is 16.9 Å². The summed E-state index contributed by atoms with van der Waals surface area (Å²) in [6.07, 6.45) is 1.55. The molecular formula is C18H16BCl2N4O3PS. The van der Waals surface area contributed by atoms with Crippen LogP contribution in [0, 0.1) is 6.57 Å². The van der Waals surface area contributed by atoms with Gasteiger partial charge in [0.2, 0.25) is 1.43 Å². The van der Waals surface area contributed by atoms with E-state index < -0.39 is 17.0 Å². The van der Waals surface area contributed by atoms with Crippen LogP contribution in [-0.2, 0) is 6.61 Å². The van der Waals surface area contributed by atoms with Gasteiger partial charge >= 0.3 is 27.0 Å². The van der Waals surface area contributed by atoms with Crippen molar-refractivity contribution in [3.8, 4) is 11.4 Å². The summed E-state index contributed by atoms with van der Waals surface area (Å²) in [6, 6.07) is 2.95. The van der Waals surface area contributed by atoms with Crippen molar-refractivity contribution >= 4 is 67.0 Å². The number of aromatic nitrogens is 3. The molecule has 0 saturated heterocycles. The van der Waals surface area contributed by atoms with Gasteiger partial charge in [0.05, 0.1) is 35.0 Å². The van der Waals surface area contributed by atoms with Crippen molar-refractivity contribution in [2.75, 3.05) is 0 Å². The van der Waals surface area contributed by atoms with Crippen LogP contribution in [-0.4, -0.2) is 32.1 Å². The minimum absolute atomic E-state index is 0.0189. The minimum atomic E-state index is -0.785. The van der Waals surface area contributed by atoms with Gasteiger partial charge in [-0.05, 0) is 18.1 Å². The molecule has 0 spiro atoms. The fourth-order valence-electron chi connectivity index (χ4n) is 2.85. The number of rotatable bonds is 4. The van der Waals surface area contributed by atoms with Gasteiger partial charge in [0.25, 0.3) is 11.2 Å². The monoisotopic (exact) mass is 482 g/mol. The van der Waals surface area contributed by atoms with Crippen molar-refractivity contribution in [3.63, 3.8) is 0 Å². The Bertz CT molecular complexity index is 1250. The average Bonchev–Trinajstić information content (AvgIpc) is 2.71. The van der Waals surface area contributed by atoms with E-state index in [1.54, 1.807) is 12.3 Å². The largest absolute Gasteiger partial charge is 0.518 e. The summed E-state index contributed by atoms with van der Waals surface area (Å²) in [5, 5.41) is 15.1. The number of aliphatic hydroxyl groups is 1. The molecule has 0 aliphatic heterocycles. The zero-order chi connectivity index (χ0) is 23.3. The smallest absolute Gasteiger partial charge is 0.292 e. The van der Waals surface area contributed by atoms with Crippen molar-refractivity contribution in [1.82, 2.24) is 14.5 Å². The Hall–Kier alpha value is -1.95. The standard InChI is InChI=1S/C18H14Cl2N4O3.BH2PS/c1-8(2)12-14(9(7-25)4-5-22-12)24-17-10(6-11(19)16(20)23-17)15(26)13(21-3)18(24)27;2-1-3/h4-6,8,25-26H,7H2,1-2H3;2H2/i25T;. The molecule has 3 aromatic heterocycles. The van der Waals surface area contributed by atoms with Crippen molar-refractivity contribution < 1.29 is 10.2 Å². The molecule has 0 aliphatic carbocycles. The first-order valence-corrected chi connectivity index (χ1v) is 10.4. The molecule has 2 N–H and O–H groups in total. The molecule has 3 heterocycles. The minimum Gasteiger partial charge on any atom is -0.518 e. The number of hydrogen-bond acceptors (Lipinski definition) is 6. The maximum absolute atomic E-state index is 13.1. The molecule has 0 aliphatic rings. The van der Waals surface area contributed by atoms with Gasteiger partial charge < -0.3 is 10.2 Å². The van der Waals surface area contributed by atoms with Crippen LogP contribution in [0.25, 0.3) is 21.6 Å². The number of fused-ring (bicyclic) bond motifs is 1. The maximum atomic E-state index is 13.1. The number of hydrogen-bond donors (Lipinski definition) is 2. The van der Waals surface area contributed by atoms with Crippen LogP contribution >= 0.6 is 44.4 Å². The predicted molar refractivity (Wildman–Crippen MR) is 126 cm³/mol. The number of halogens is 2. The van der Waals surface area contributed by atoms with Gasteiger partial charge in [-0.3, -0.25) is 14.3 Å². The van der Waals surface area contributed by atoms with E-state index in [1.807, 2.05) is 13.8 Å². The van der Waals surface area contributed by atoms with E-state index >= 15 is 0 Å². The quantitative estimate of drug-likeness (QED) is 0.245. The van der Waals surface area contributed by atoms with Crippen LogP contribution in [0.1, 0.15) is 31.0 Å². The van der Waals surface area contributed by atoms with Crippen molar-refractivity contribution in [2.24, 2.45) is 0 Å². The van der Waals surface area contributed by atoms with Crippen LogP contribution < -0.4 is 5.56 Å². The second-order valence-electron chi connectivity index (χ2n) is 6.22. The van der Waals surface area contributed by atoms with Gasteiger partial charge in [0, 0.05) is 11.8 Å². The Morgan fingerprint density at radius 1 is 1.50 bits per heavy atom. The molecule has 0 aromatic carbocycles. The molecule has 12 heteroatoms. The van der Waals surface area contributed by atoms with E-state index in [9.17, 15) is 9.90 Å². The van der Waals surface area contributed by atoms with Crippen LogP contribution in [0.5, 0.6) is 5.75 Å². The zero-order valence-corrected chi connectivity index (χ0v) is 19.4. The average molecular weight is 483 g/mol. The zero-order valence-electron chi connectivity index (χ0n) is 16.9. The van der Waals surface area contributed by atoms with Gasteiger partial charge in [0.15, 0.2) is 5.65 Å². The Morgan fingerprint density at radius 3 is 2.73 bits per heavy atom. The number of nitrogens with zero attached hydrogens (tertiary/aromatic N) is 4. The normalized spacial score (nSPS) is 10.8. The van der Waals surface area contributed by atoms with Crippen LogP contribution in [0.15, 0.2) is 23.1 Å². The van der Waals surface area contributed by atoms with Gasteiger partial charge in [-0.15, -0.1) is 0 Å². The molecule has 0 fully saturated rings. The van der Waals surface area contributed by atoms with Crippen LogP contribution in [0.4, 0.5) is 5.69 Å². The molecule has 3 rings (SSSR count). The first-order valence-electron chi connectivity index (χ1n) is 8.86. The molecule has 0 amide bonds. The summed E-state index contributed by atoms with van der Waals surface area (Å²) >= 11 is 16.3. The van der Waals surface area contributed by atoms with Crippen molar-refractivity contribution in [1.29, 1.82) is 1.43 Å². The molecule has 1 atom stereocenters. The third-order valence-electron chi connectivity index (χ3n) is 4.08. The molecular weight excluding hydrogens is 465 g/mol. The van der Waals surface area contributed by atoms with Crippen LogP contribution in [0.2, 0.25) is 10.2 Å². The number of aromatic hydroxyl groups is 1. The summed E-state index contributed by atoms with van der Waals surface area (Å²) < 4.78 is 8.29. The number of aliphatic hydroxyl groups excluding tert-OH is 1. The Balaban J connectivity index is 0.00000107. The second kappa shape index (κ2) is 10.4. The third kappa shape index (κ3) is 4.54. The van der Waals surface area contributed by atoms with E-state index in [4.69, 9.17) is 31.2 Å². The topological polar surface area (TPSA) is 92.6 Å². The summed E-state index contributed by atoms with van der Waals surface area (Å²) in [4.78, 5) is 24.8. The molecule has 0 bridgehead atoms. The summed E-state index contributed by atoms with van der Waals surface area (Å²) in [5.74, 6) is 0.876. The fourth-order valence-corrected chi connectivity index (χ4v) is 3.14. The Labute approximate surface area is 192 Å². The molecule has 3 aromatic rings. The molecule has 1 unspecified atom stereocenters. The predicted octanol–water partition coefficient (Wildman–Crippen LogP) is 4.55. The summed E-state index contributed by atoms with van der Waals surface area (Å²) in [6.45, 7) is 11.0. The molecule has 30 heavy (non-hydrogen) atoms. The van der Waals surface area contributed by atoms with Crippen molar-refractivity contribution in [3.05, 3.63) is 61.5 Å². The fraction of sp³-hybridized carbons (Fsp3) is 0.222. The maximum Gasteiger partial charge on any atom is 0.292 e. The molecule has 0 saturated carbocycles. The van der Waals surface area contributed by atoms with Gasteiger partial charge in [0.1, 0.15) is 10.9 Å². The van der Waals surface area contributed by atoms with E-state index in [0.717, 1.165) is 0 Å². The van der Waals surface area contributed by atoms with Crippen LogP contribution in [0.3, 0.4) is 0 Å². The van der Waals surface area contributed by atoms with Gasteiger partial charge in [-0.2, -0.15) is 0 Å². The first kappa shape index (κ1) is 22.7. The Kier molecular flexibility index (Phi) is 7.87. The number of pyridine rings is 3. The van der Waals surface area contributed by atoms with Gasteiger partial charge in [-0.1, -0.05) is 37.0 Å². The first-order chi connectivity index (χ1) is 14.7. The molecule has 0 radical (unpaired) electrons. The van der Waals surface area contributed by atoms with Crippen molar-refractivity contribution in [2.45, 2.75) is 26.4 Å². The van der Waals surface area contributed by atoms with E-state index in [1.165, 1.54) is 16.5 Å².